The zero-order valence-corrected chi connectivity index (χ0v) is 16.5. The Morgan fingerprint density at radius 1 is 1.21 bits per heavy atom. The van der Waals surface area contributed by atoms with Gasteiger partial charge in [0.1, 0.15) is 17.6 Å². The summed E-state index contributed by atoms with van der Waals surface area (Å²) in [6, 6.07) is 8.49. The number of carbonyl (C=O) groups excluding carboxylic acids is 2. The minimum atomic E-state index is -0.738. The van der Waals surface area contributed by atoms with Gasteiger partial charge in [-0.1, -0.05) is 12.1 Å². The van der Waals surface area contributed by atoms with Crippen molar-refractivity contribution in [1.29, 1.82) is 0 Å². The number of aliphatic hydroxyl groups is 1. The number of rotatable bonds is 6. The van der Waals surface area contributed by atoms with E-state index in [1.54, 1.807) is 19.2 Å². The van der Waals surface area contributed by atoms with Crippen molar-refractivity contribution in [2.45, 2.75) is 38.1 Å². The molecule has 29 heavy (non-hydrogen) atoms. The lowest BCUT2D eigenvalue weighted by Crippen LogP contribution is -2.31. The topological polar surface area (TPSA) is 80.0 Å². The van der Waals surface area contributed by atoms with Gasteiger partial charge >= 0.3 is 0 Å². The van der Waals surface area contributed by atoms with Crippen LogP contribution in [0.3, 0.4) is 0 Å². The number of aliphatic hydroxyl groups excluding tert-OH is 1. The Morgan fingerprint density at radius 3 is 2.72 bits per heavy atom. The minimum Gasteiger partial charge on any atom is -0.507 e. The second-order valence-electron chi connectivity index (χ2n) is 7.54. The van der Waals surface area contributed by atoms with Gasteiger partial charge in [-0.05, 0) is 61.4 Å². The van der Waals surface area contributed by atoms with E-state index in [1.165, 1.54) is 28.7 Å². The molecule has 1 aromatic heterocycles. The molecular formula is C23H25NO5. The van der Waals surface area contributed by atoms with E-state index in [4.69, 9.17) is 9.15 Å². The van der Waals surface area contributed by atoms with Crippen LogP contribution in [0.5, 0.6) is 0 Å². The van der Waals surface area contributed by atoms with E-state index < -0.39 is 17.7 Å². The lowest BCUT2D eigenvalue weighted by molar-refractivity contribution is -0.140. The van der Waals surface area contributed by atoms with Crippen LogP contribution in [0.4, 0.5) is 0 Å². The maximum Gasteiger partial charge on any atom is 0.295 e. The molecule has 152 valence electrons. The van der Waals surface area contributed by atoms with Gasteiger partial charge in [0.15, 0.2) is 0 Å². The average Bonchev–Trinajstić information content (AvgIpc) is 3.35. The summed E-state index contributed by atoms with van der Waals surface area (Å²) in [5, 5.41) is 11.1. The van der Waals surface area contributed by atoms with E-state index >= 15 is 0 Å². The molecule has 0 saturated carbocycles. The largest absolute Gasteiger partial charge is 0.507 e. The van der Waals surface area contributed by atoms with E-state index in [-0.39, 0.29) is 11.3 Å². The fourth-order valence-electron chi connectivity index (χ4n) is 4.27. The fraction of sp³-hybridized carbons (Fsp3) is 0.391. The smallest absolute Gasteiger partial charge is 0.295 e. The summed E-state index contributed by atoms with van der Waals surface area (Å²) in [5.74, 6) is -0.991. The molecule has 2 heterocycles. The van der Waals surface area contributed by atoms with Gasteiger partial charge in [0.2, 0.25) is 0 Å². The fourth-order valence-corrected chi connectivity index (χ4v) is 4.27. The number of methoxy groups -OCH3 is 1. The summed E-state index contributed by atoms with van der Waals surface area (Å²) in [6.45, 7) is 0.809. The number of fused-ring (bicyclic) bond motifs is 1. The number of furan rings is 1. The highest BCUT2D eigenvalue weighted by Gasteiger charge is 2.47. The first kappa shape index (κ1) is 19.5. The van der Waals surface area contributed by atoms with Crippen LogP contribution in [0, 0.1) is 0 Å². The first-order valence-corrected chi connectivity index (χ1v) is 10.0. The van der Waals surface area contributed by atoms with Gasteiger partial charge in [-0.15, -0.1) is 0 Å². The highest BCUT2D eigenvalue weighted by molar-refractivity contribution is 6.46. The van der Waals surface area contributed by atoms with E-state index in [2.05, 4.69) is 0 Å². The Labute approximate surface area is 169 Å². The molecule has 6 nitrogen and oxygen atoms in total. The average molecular weight is 395 g/mol. The molecule has 0 spiro atoms. The standard InChI is InChI=1S/C23H25NO5/c1-28-12-5-11-24-20(18-8-4-13-29-18)19(22(26)23(24)27)21(25)17-10-9-15-6-2-3-7-16(15)14-17/h4,8-10,13-14,20,25H,2-3,5-7,11-12H2,1H3/b21-19-. The Hall–Kier alpha value is -2.86. The molecule has 1 amide bonds. The van der Waals surface area contributed by atoms with Crippen molar-refractivity contribution in [2.24, 2.45) is 0 Å². The van der Waals surface area contributed by atoms with Crippen molar-refractivity contribution in [2.75, 3.05) is 20.3 Å². The third-order valence-electron chi connectivity index (χ3n) is 5.72. The quantitative estimate of drug-likeness (QED) is 0.350. The Bertz CT molecular complexity index is 944. The van der Waals surface area contributed by atoms with Crippen LogP contribution in [0.1, 0.15) is 47.8 Å². The molecule has 0 radical (unpaired) electrons. The summed E-state index contributed by atoms with van der Waals surface area (Å²) in [7, 11) is 1.59. The summed E-state index contributed by atoms with van der Waals surface area (Å²) < 4.78 is 10.6. The van der Waals surface area contributed by atoms with E-state index in [9.17, 15) is 14.7 Å². The van der Waals surface area contributed by atoms with E-state index in [1.807, 2.05) is 18.2 Å². The summed E-state index contributed by atoms with van der Waals surface area (Å²) >= 11 is 0. The minimum absolute atomic E-state index is 0.0816. The van der Waals surface area contributed by atoms with Gasteiger partial charge in [-0.25, -0.2) is 0 Å². The summed E-state index contributed by atoms with van der Waals surface area (Å²) in [5.41, 5.74) is 3.13. The molecule has 1 N–H and O–H groups in total. The highest BCUT2D eigenvalue weighted by atomic mass is 16.5. The number of ketones is 1. The first-order chi connectivity index (χ1) is 14.1. The lowest BCUT2D eigenvalue weighted by Gasteiger charge is -2.23. The second-order valence-corrected chi connectivity index (χ2v) is 7.54. The van der Waals surface area contributed by atoms with Crippen molar-refractivity contribution in [3.05, 3.63) is 64.6 Å². The third kappa shape index (κ3) is 3.60. The lowest BCUT2D eigenvalue weighted by atomic mass is 9.89. The van der Waals surface area contributed by atoms with Crippen molar-refractivity contribution in [1.82, 2.24) is 4.90 Å². The van der Waals surface area contributed by atoms with E-state index in [0.717, 1.165) is 19.3 Å². The molecule has 1 aliphatic heterocycles. The summed E-state index contributed by atoms with van der Waals surface area (Å²) in [6.07, 6.45) is 6.37. The Morgan fingerprint density at radius 2 is 2.00 bits per heavy atom. The van der Waals surface area contributed by atoms with Crippen LogP contribution < -0.4 is 0 Å². The molecule has 1 aromatic carbocycles. The normalized spacial score (nSPS) is 20.9. The molecule has 1 aliphatic carbocycles. The molecule has 2 aromatic rings. The molecular weight excluding hydrogens is 370 g/mol. The molecule has 6 heteroatoms. The molecule has 1 atom stereocenters. The number of hydrogen-bond donors (Lipinski definition) is 1. The van der Waals surface area contributed by atoms with Crippen LogP contribution in [0.2, 0.25) is 0 Å². The number of aryl methyl sites for hydroxylation is 2. The predicted molar refractivity (Wildman–Crippen MR) is 107 cm³/mol. The van der Waals surface area contributed by atoms with Gasteiger partial charge < -0.3 is 19.2 Å². The molecule has 0 bridgehead atoms. The zero-order chi connectivity index (χ0) is 20.4. The maximum atomic E-state index is 12.9. The number of carbonyl (C=O) groups is 2. The molecule has 1 saturated heterocycles. The SMILES string of the molecule is COCCCN1C(=O)C(=O)/C(=C(\O)c2ccc3c(c2)CCCC3)C1c1ccco1. The van der Waals surface area contributed by atoms with Gasteiger partial charge in [0, 0.05) is 25.8 Å². The van der Waals surface area contributed by atoms with Gasteiger partial charge in [-0.3, -0.25) is 9.59 Å². The maximum absolute atomic E-state index is 12.9. The zero-order valence-electron chi connectivity index (χ0n) is 16.5. The van der Waals surface area contributed by atoms with Crippen LogP contribution in [-0.4, -0.2) is 42.0 Å². The summed E-state index contributed by atoms with van der Waals surface area (Å²) in [4.78, 5) is 27.1. The van der Waals surface area contributed by atoms with Gasteiger partial charge in [0.05, 0.1) is 11.8 Å². The number of Topliss-reactive ketones (excluding diaryl/α,β-unsaturated/α-hetero) is 1. The third-order valence-corrected chi connectivity index (χ3v) is 5.72. The Kier molecular flexibility index (Phi) is 5.53. The number of ether oxygens (including phenoxy) is 1. The first-order valence-electron chi connectivity index (χ1n) is 10.0. The number of benzene rings is 1. The van der Waals surface area contributed by atoms with Crippen LogP contribution in [0.15, 0.2) is 46.6 Å². The van der Waals surface area contributed by atoms with Crippen LogP contribution in [-0.2, 0) is 27.2 Å². The number of likely N-dealkylation sites (tertiary alicyclic amines) is 1. The van der Waals surface area contributed by atoms with Crippen molar-refractivity contribution in [3.8, 4) is 0 Å². The highest BCUT2D eigenvalue weighted by Crippen LogP contribution is 2.40. The van der Waals surface area contributed by atoms with Crippen LogP contribution >= 0.6 is 0 Å². The molecule has 1 fully saturated rings. The predicted octanol–water partition coefficient (Wildman–Crippen LogP) is 3.62. The Balaban J connectivity index is 1.77. The van der Waals surface area contributed by atoms with Gasteiger partial charge in [-0.2, -0.15) is 0 Å². The molecule has 2 aliphatic rings. The monoisotopic (exact) mass is 395 g/mol. The van der Waals surface area contributed by atoms with Crippen molar-refractivity contribution >= 4 is 17.4 Å². The molecule has 1 unspecified atom stereocenters. The van der Waals surface area contributed by atoms with Crippen LogP contribution in [0.25, 0.3) is 5.76 Å². The number of nitrogens with zero attached hydrogens (tertiary/aromatic N) is 1. The van der Waals surface area contributed by atoms with Gasteiger partial charge in [0.25, 0.3) is 11.7 Å². The second kappa shape index (κ2) is 8.25. The van der Waals surface area contributed by atoms with Crippen molar-refractivity contribution < 1.29 is 23.8 Å². The number of amides is 1. The molecule has 4 rings (SSSR count). The van der Waals surface area contributed by atoms with E-state index in [0.29, 0.717) is 30.9 Å². The number of hydrogen-bond acceptors (Lipinski definition) is 5. The van der Waals surface area contributed by atoms with Crippen molar-refractivity contribution in [3.63, 3.8) is 0 Å².